The molecule has 6 heteroatoms. The van der Waals surface area contributed by atoms with E-state index in [1.807, 2.05) is 54.6 Å². The summed E-state index contributed by atoms with van der Waals surface area (Å²) in [7, 11) is 0. The number of halogens is 1. The fourth-order valence-corrected chi connectivity index (χ4v) is 4.06. The van der Waals surface area contributed by atoms with E-state index >= 15 is 0 Å². The van der Waals surface area contributed by atoms with Crippen LogP contribution in [0.5, 0.6) is 11.6 Å². The number of thiophene rings is 1. The van der Waals surface area contributed by atoms with E-state index in [0.29, 0.717) is 16.7 Å². The number of para-hydroxylation sites is 1. The molecule has 0 atom stereocenters. The maximum Gasteiger partial charge on any atom is 0.231 e. The zero-order valence-corrected chi connectivity index (χ0v) is 15.5. The van der Waals surface area contributed by atoms with Gasteiger partial charge in [-0.3, -0.25) is 4.98 Å². The van der Waals surface area contributed by atoms with Crippen LogP contribution in [0.3, 0.4) is 0 Å². The van der Waals surface area contributed by atoms with Gasteiger partial charge in [-0.2, -0.15) is 0 Å². The number of ether oxygens (including phenoxy) is 1. The van der Waals surface area contributed by atoms with Gasteiger partial charge in [-0.15, -0.1) is 11.3 Å². The maximum absolute atomic E-state index is 6.22. The zero-order chi connectivity index (χ0) is 18.2. The van der Waals surface area contributed by atoms with Gasteiger partial charge >= 0.3 is 0 Å². The Bertz CT molecular complexity index is 1260. The Labute approximate surface area is 164 Å². The molecule has 0 aliphatic rings. The van der Waals surface area contributed by atoms with Crippen molar-refractivity contribution in [1.82, 2.24) is 15.0 Å². The molecule has 3 heterocycles. The summed E-state index contributed by atoms with van der Waals surface area (Å²) in [6.45, 7) is 0. The average molecular weight is 390 g/mol. The van der Waals surface area contributed by atoms with Crippen LogP contribution in [0.1, 0.15) is 0 Å². The predicted octanol–water partition coefficient (Wildman–Crippen LogP) is 6.35. The minimum atomic E-state index is 0.518. The van der Waals surface area contributed by atoms with Gasteiger partial charge in [0.15, 0.2) is 5.75 Å². The van der Waals surface area contributed by atoms with Gasteiger partial charge in [0.25, 0.3) is 0 Å². The zero-order valence-electron chi connectivity index (χ0n) is 14.0. The Morgan fingerprint density at radius 2 is 1.74 bits per heavy atom. The fourth-order valence-electron chi connectivity index (χ4n) is 3.03. The number of hydrogen-bond acceptors (Lipinski definition) is 5. The van der Waals surface area contributed by atoms with Gasteiger partial charge in [0.1, 0.15) is 16.7 Å². The number of aromatic nitrogens is 3. The number of fused-ring (bicyclic) bond motifs is 2. The third kappa shape index (κ3) is 2.91. The Hall–Kier alpha value is -3.02. The van der Waals surface area contributed by atoms with Gasteiger partial charge < -0.3 is 4.74 Å². The molecule has 2 aromatic carbocycles. The van der Waals surface area contributed by atoms with Crippen LogP contribution in [0.25, 0.3) is 32.2 Å². The summed E-state index contributed by atoms with van der Waals surface area (Å²) in [5.41, 5.74) is 2.87. The van der Waals surface area contributed by atoms with Crippen molar-refractivity contribution in [2.75, 3.05) is 0 Å². The fraction of sp³-hybridized carbons (Fsp3) is 0. The molecular weight excluding hydrogens is 378 g/mol. The van der Waals surface area contributed by atoms with E-state index in [4.69, 9.17) is 16.3 Å². The molecule has 27 heavy (non-hydrogen) atoms. The van der Waals surface area contributed by atoms with E-state index in [2.05, 4.69) is 20.3 Å². The average Bonchev–Trinajstić information content (AvgIpc) is 3.14. The van der Waals surface area contributed by atoms with Crippen molar-refractivity contribution in [1.29, 1.82) is 0 Å². The minimum Gasteiger partial charge on any atom is -0.436 e. The molecule has 4 nitrogen and oxygen atoms in total. The number of rotatable bonds is 3. The molecule has 0 N–H and O–H groups in total. The van der Waals surface area contributed by atoms with Crippen molar-refractivity contribution in [3.05, 3.63) is 77.5 Å². The third-order valence-electron chi connectivity index (χ3n) is 4.29. The van der Waals surface area contributed by atoms with Crippen molar-refractivity contribution < 1.29 is 4.74 Å². The summed E-state index contributed by atoms with van der Waals surface area (Å²) in [4.78, 5) is 14.1. The normalized spacial score (nSPS) is 11.1. The predicted molar refractivity (Wildman–Crippen MR) is 110 cm³/mol. The standard InChI is InChI=1S/C21H12ClN3OS/c22-15-8-6-13(7-9-15)16-11-27-21-18(16)20(24-12-25-21)26-17-5-1-3-14-4-2-10-23-19(14)17/h1-12H. The number of pyridine rings is 1. The summed E-state index contributed by atoms with van der Waals surface area (Å²) in [5, 5.41) is 4.67. The molecule has 3 aromatic heterocycles. The SMILES string of the molecule is Clc1ccc(-c2csc3ncnc(Oc4cccc5cccnc45)c23)cc1. The van der Waals surface area contributed by atoms with Crippen LogP contribution in [0, 0.1) is 0 Å². The minimum absolute atomic E-state index is 0.518. The lowest BCUT2D eigenvalue weighted by Crippen LogP contribution is -1.92. The Kier molecular flexibility index (Phi) is 3.96. The molecule has 0 fully saturated rings. The van der Waals surface area contributed by atoms with Crippen molar-refractivity contribution >= 4 is 44.1 Å². The second-order valence-electron chi connectivity index (χ2n) is 5.95. The molecule has 0 aliphatic carbocycles. The molecule has 0 spiro atoms. The summed E-state index contributed by atoms with van der Waals surface area (Å²) in [5.74, 6) is 1.19. The quantitative estimate of drug-likeness (QED) is 0.360. The molecule has 5 aromatic rings. The Morgan fingerprint density at radius 3 is 2.63 bits per heavy atom. The molecule has 0 amide bonds. The molecular formula is C21H12ClN3OS. The first kappa shape index (κ1) is 16.2. The lowest BCUT2D eigenvalue weighted by atomic mass is 10.1. The molecule has 0 aliphatic heterocycles. The summed E-state index contributed by atoms with van der Waals surface area (Å²) in [6, 6.07) is 17.5. The Morgan fingerprint density at radius 1 is 0.889 bits per heavy atom. The smallest absolute Gasteiger partial charge is 0.231 e. The number of benzene rings is 2. The highest BCUT2D eigenvalue weighted by molar-refractivity contribution is 7.17. The highest BCUT2D eigenvalue weighted by atomic mass is 35.5. The van der Waals surface area contributed by atoms with E-state index in [9.17, 15) is 0 Å². The van der Waals surface area contributed by atoms with E-state index < -0.39 is 0 Å². The van der Waals surface area contributed by atoms with Crippen LogP contribution in [0.15, 0.2) is 72.5 Å². The van der Waals surface area contributed by atoms with Gasteiger partial charge in [0.2, 0.25) is 5.88 Å². The third-order valence-corrected chi connectivity index (χ3v) is 5.43. The first-order chi connectivity index (χ1) is 13.3. The largest absolute Gasteiger partial charge is 0.436 e. The van der Waals surface area contributed by atoms with Crippen molar-refractivity contribution in [2.45, 2.75) is 0 Å². The molecule has 5 rings (SSSR count). The number of hydrogen-bond donors (Lipinski definition) is 0. The molecule has 0 bridgehead atoms. The summed E-state index contributed by atoms with van der Waals surface area (Å²) < 4.78 is 6.22. The topological polar surface area (TPSA) is 47.9 Å². The van der Waals surface area contributed by atoms with Crippen LogP contribution in [-0.2, 0) is 0 Å². The first-order valence-electron chi connectivity index (χ1n) is 8.29. The van der Waals surface area contributed by atoms with Crippen molar-refractivity contribution in [2.24, 2.45) is 0 Å². The molecule has 0 radical (unpaired) electrons. The highest BCUT2D eigenvalue weighted by Crippen LogP contribution is 2.40. The van der Waals surface area contributed by atoms with Gasteiger partial charge in [-0.1, -0.05) is 41.9 Å². The second kappa shape index (κ2) is 6.61. The van der Waals surface area contributed by atoms with E-state index in [-0.39, 0.29) is 0 Å². The van der Waals surface area contributed by atoms with Crippen LogP contribution in [-0.4, -0.2) is 15.0 Å². The van der Waals surface area contributed by atoms with Gasteiger partial charge in [0, 0.05) is 27.5 Å². The summed E-state index contributed by atoms with van der Waals surface area (Å²) >= 11 is 7.59. The highest BCUT2D eigenvalue weighted by Gasteiger charge is 2.16. The maximum atomic E-state index is 6.22. The van der Waals surface area contributed by atoms with Crippen LogP contribution >= 0.6 is 22.9 Å². The molecule has 130 valence electrons. The van der Waals surface area contributed by atoms with Gasteiger partial charge in [0.05, 0.1) is 5.39 Å². The molecule has 0 saturated carbocycles. The monoisotopic (exact) mass is 389 g/mol. The Balaban J connectivity index is 1.67. The summed E-state index contributed by atoms with van der Waals surface area (Å²) in [6.07, 6.45) is 3.28. The number of nitrogens with zero attached hydrogens (tertiary/aromatic N) is 3. The molecule has 0 unspecified atom stereocenters. The van der Waals surface area contributed by atoms with Crippen molar-refractivity contribution in [3.8, 4) is 22.8 Å². The van der Waals surface area contributed by atoms with E-state index in [1.54, 1.807) is 17.5 Å². The van der Waals surface area contributed by atoms with Gasteiger partial charge in [-0.05, 0) is 29.8 Å². The molecule has 0 saturated heterocycles. The van der Waals surface area contributed by atoms with Crippen LogP contribution < -0.4 is 4.74 Å². The van der Waals surface area contributed by atoms with E-state index in [1.165, 1.54) is 6.33 Å². The van der Waals surface area contributed by atoms with Crippen LogP contribution in [0.2, 0.25) is 5.02 Å². The van der Waals surface area contributed by atoms with Crippen LogP contribution in [0.4, 0.5) is 0 Å². The first-order valence-corrected chi connectivity index (χ1v) is 9.55. The lowest BCUT2D eigenvalue weighted by Gasteiger charge is -2.09. The van der Waals surface area contributed by atoms with Gasteiger partial charge in [-0.25, -0.2) is 9.97 Å². The van der Waals surface area contributed by atoms with E-state index in [0.717, 1.165) is 32.2 Å². The lowest BCUT2D eigenvalue weighted by molar-refractivity contribution is 0.473. The second-order valence-corrected chi connectivity index (χ2v) is 7.24. The van der Waals surface area contributed by atoms with Crippen molar-refractivity contribution in [3.63, 3.8) is 0 Å².